The van der Waals surface area contributed by atoms with Crippen LogP contribution in [0.15, 0.2) is 42.5 Å². The Balaban J connectivity index is 2.00. The first-order valence-corrected chi connectivity index (χ1v) is 9.90. The second kappa shape index (κ2) is 10.5. The minimum Gasteiger partial charge on any atom is -0.490 e. The number of nitrogens with one attached hydrogen (secondary N) is 1. The number of nitrogens with zero attached hydrogens (tertiary/aromatic N) is 1. The fourth-order valence-corrected chi connectivity index (χ4v) is 2.85. The lowest BCUT2D eigenvalue weighted by Gasteiger charge is -2.18. The Labute approximate surface area is 172 Å². The predicted molar refractivity (Wildman–Crippen MR) is 115 cm³/mol. The summed E-state index contributed by atoms with van der Waals surface area (Å²) in [5.41, 5.74) is 2.32. The van der Waals surface area contributed by atoms with Crippen molar-refractivity contribution in [1.82, 2.24) is 4.90 Å². The fraction of sp³-hybridized carbons (Fsp3) is 0.391. The van der Waals surface area contributed by atoms with E-state index in [0.29, 0.717) is 41.9 Å². The molecule has 1 N–H and O–H groups in total. The van der Waals surface area contributed by atoms with Gasteiger partial charge >= 0.3 is 0 Å². The van der Waals surface area contributed by atoms with Crippen molar-refractivity contribution in [2.75, 3.05) is 32.1 Å². The van der Waals surface area contributed by atoms with E-state index in [9.17, 15) is 9.59 Å². The molecular weight excluding hydrogens is 368 g/mol. The lowest BCUT2D eigenvalue weighted by atomic mass is 10.0. The second-order valence-corrected chi connectivity index (χ2v) is 7.01. The zero-order chi connectivity index (χ0) is 21.4. The van der Waals surface area contributed by atoms with E-state index in [4.69, 9.17) is 9.47 Å². The summed E-state index contributed by atoms with van der Waals surface area (Å²) in [6.45, 7) is 8.95. The molecule has 0 aliphatic carbocycles. The van der Waals surface area contributed by atoms with Crippen molar-refractivity contribution < 1.29 is 19.1 Å². The number of carbonyl (C=O) groups is 2. The van der Waals surface area contributed by atoms with Gasteiger partial charge in [0, 0.05) is 24.4 Å². The first-order chi connectivity index (χ1) is 13.8. The molecule has 0 saturated heterocycles. The van der Waals surface area contributed by atoms with Crippen LogP contribution in [0.25, 0.3) is 0 Å². The molecule has 0 aliphatic rings. The molecule has 2 rings (SSSR count). The maximum atomic E-state index is 12.6. The summed E-state index contributed by atoms with van der Waals surface area (Å²) in [5.74, 6) is 1.12. The third-order valence-electron chi connectivity index (χ3n) is 4.38. The van der Waals surface area contributed by atoms with Crippen molar-refractivity contribution in [3.05, 3.63) is 53.6 Å². The van der Waals surface area contributed by atoms with Crippen LogP contribution in [0.4, 0.5) is 5.69 Å². The maximum absolute atomic E-state index is 12.6. The maximum Gasteiger partial charge on any atom is 0.254 e. The number of anilines is 1. The van der Waals surface area contributed by atoms with Crippen LogP contribution in [-0.4, -0.2) is 43.5 Å². The van der Waals surface area contributed by atoms with Gasteiger partial charge in [0.15, 0.2) is 11.5 Å². The number of carbonyl (C=O) groups excluding carboxylic acids is 2. The molecule has 2 aromatic rings. The molecule has 0 fully saturated rings. The van der Waals surface area contributed by atoms with Crippen LogP contribution < -0.4 is 14.8 Å². The Hall–Kier alpha value is -3.02. The number of benzene rings is 2. The highest BCUT2D eigenvalue weighted by Gasteiger charge is 2.16. The van der Waals surface area contributed by atoms with Gasteiger partial charge in [-0.15, -0.1) is 0 Å². The van der Waals surface area contributed by atoms with Gasteiger partial charge in [-0.3, -0.25) is 9.59 Å². The van der Waals surface area contributed by atoms with E-state index in [0.717, 1.165) is 0 Å². The summed E-state index contributed by atoms with van der Waals surface area (Å²) in [5, 5.41) is 2.80. The number of amides is 2. The molecule has 0 unspecified atom stereocenters. The monoisotopic (exact) mass is 398 g/mol. The Bertz CT molecular complexity index is 831. The molecule has 6 nitrogen and oxygen atoms in total. The normalized spacial score (nSPS) is 10.6. The van der Waals surface area contributed by atoms with E-state index in [-0.39, 0.29) is 18.4 Å². The SMILES string of the molecule is CCOc1ccc(NC(=O)CN(C)C(=O)c2ccc(C(C)C)cc2)cc1OCC. The quantitative estimate of drug-likeness (QED) is 0.683. The average molecular weight is 399 g/mol. The summed E-state index contributed by atoms with van der Waals surface area (Å²) in [6, 6.07) is 12.7. The van der Waals surface area contributed by atoms with E-state index >= 15 is 0 Å². The predicted octanol–water partition coefficient (Wildman–Crippen LogP) is 4.32. The summed E-state index contributed by atoms with van der Waals surface area (Å²) < 4.78 is 11.1. The zero-order valence-corrected chi connectivity index (χ0v) is 17.8. The van der Waals surface area contributed by atoms with E-state index in [1.54, 1.807) is 37.4 Å². The molecular formula is C23H30N2O4. The van der Waals surface area contributed by atoms with Gasteiger partial charge in [0.25, 0.3) is 5.91 Å². The minimum atomic E-state index is -0.286. The lowest BCUT2D eigenvalue weighted by Crippen LogP contribution is -2.34. The van der Waals surface area contributed by atoms with Gasteiger partial charge in [0.2, 0.25) is 5.91 Å². The van der Waals surface area contributed by atoms with Gasteiger partial charge in [-0.05, 0) is 49.6 Å². The number of hydrogen-bond acceptors (Lipinski definition) is 4. The Morgan fingerprint density at radius 2 is 1.59 bits per heavy atom. The first kappa shape index (κ1) is 22.3. The van der Waals surface area contributed by atoms with Crippen molar-refractivity contribution in [2.45, 2.75) is 33.6 Å². The van der Waals surface area contributed by atoms with E-state index in [1.165, 1.54) is 10.5 Å². The molecule has 2 amide bonds. The van der Waals surface area contributed by atoms with Crippen molar-refractivity contribution in [3.8, 4) is 11.5 Å². The van der Waals surface area contributed by atoms with Gasteiger partial charge in [-0.25, -0.2) is 0 Å². The molecule has 0 spiro atoms. The van der Waals surface area contributed by atoms with Crippen LogP contribution in [0.5, 0.6) is 11.5 Å². The average Bonchev–Trinajstić information content (AvgIpc) is 2.69. The molecule has 0 saturated carbocycles. The molecule has 2 aromatic carbocycles. The third-order valence-corrected chi connectivity index (χ3v) is 4.38. The molecule has 0 heterocycles. The molecule has 6 heteroatoms. The largest absolute Gasteiger partial charge is 0.490 e. The van der Waals surface area contributed by atoms with Gasteiger partial charge in [-0.2, -0.15) is 0 Å². The van der Waals surface area contributed by atoms with Crippen LogP contribution in [0, 0.1) is 0 Å². The standard InChI is InChI=1S/C23H30N2O4/c1-6-28-20-13-12-19(14-21(20)29-7-2)24-22(26)15-25(5)23(27)18-10-8-17(9-11-18)16(3)4/h8-14,16H,6-7,15H2,1-5H3,(H,24,26). The van der Waals surface area contributed by atoms with E-state index in [1.807, 2.05) is 26.0 Å². The molecule has 156 valence electrons. The number of hydrogen-bond donors (Lipinski definition) is 1. The molecule has 29 heavy (non-hydrogen) atoms. The van der Waals surface area contributed by atoms with Crippen LogP contribution in [0.2, 0.25) is 0 Å². The first-order valence-electron chi connectivity index (χ1n) is 9.90. The van der Waals surface area contributed by atoms with E-state index < -0.39 is 0 Å². The molecule has 0 aromatic heterocycles. The zero-order valence-electron chi connectivity index (χ0n) is 17.8. The molecule has 0 atom stereocenters. The summed E-state index contributed by atoms with van der Waals surface area (Å²) in [6.07, 6.45) is 0. The third kappa shape index (κ3) is 6.24. The smallest absolute Gasteiger partial charge is 0.254 e. The van der Waals surface area contributed by atoms with E-state index in [2.05, 4.69) is 19.2 Å². The van der Waals surface area contributed by atoms with Crippen molar-refractivity contribution in [2.24, 2.45) is 0 Å². The number of likely N-dealkylation sites (N-methyl/N-ethyl adjacent to an activating group) is 1. The summed E-state index contributed by atoms with van der Waals surface area (Å²) >= 11 is 0. The second-order valence-electron chi connectivity index (χ2n) is 7.01. The fourth-order valence-electron chi connectivity index (χ4n) is 2.85. The van der Waals surface area contributed by atoms with Crippen molar-refractivity contribution in [3.63, 3.8) is 0 Å². The molecule has 0 aliphatic heterocycles. The van der Waals surface area contributed by atoms with Gasteiger partial charge < -0.3 is 19.7 Å². The Kier molecular flexibility index (Phi) is 8.07. The minimum absolute atomic E-state index is 0.0536. The van der Waals surface area contributed by atoms with Gasteiger partial charge in [0.05, 0.1) is 19.8 Å². The number of rotatable bonds is 9. The van der Waals surface area contributed by atoms with Crippen LogP contribution in [0.3, 0.4) is 0 Å². The van der Waals surface area contributed by atoms with Crippen LogP contribution >= 0.6 is 0 Å². The van der Waals surface area contributed by atoms with Gasteiger partial charge in [0.1, 0.15) is 0 Å². The molecule has 0 bridgehead atoms. The highest BCUT2D eigenvalue weighted by atomic mass is 16.5. The summed E-state index contributed by atoms with van der Waals surface area (Å²) in [4.78, 5) is 26.4. The Morgan fingerprint density at radius 3 is 2.17 bits per heavy atom. The van der Waals surface area contributed by atoms with Crippen molar-refractivity contribution >= 4 is 17.5 Å². The van der Waals surface area contributed by atoms with Gasteiger partial charge in [-0.1, -0.05) is 26.0 Å². The summed E-state index contributed by atoms with van der Waals surface area (Å²) in [7, 11) is 1.61. The lowest BCUT2D eigenvalue weighted by molar-refractivity contribution is -0.116. The topological polar surface area (TPSA) is 67.9 Å². The highest BCUT2D eigenvalue weighted by molar-refractivity contribution is 5.99. The van der Waals surface area contributed by atoms with Crippen molar-refractivity contribution in [1.29, 1.82) is 0 Å². The molecule has 0 radical (unpaired) electrons. The van der Waals surface area contributed by atoms with Crippen LogP contribution in [0.1, 0.15) is 49.5 Å². The highest BCUT2D eigenvalue weighted by Crippen LogP contribution is 2.30. The van der Waals surface area contributed by atoms with Crippen LogP contribution in [-0.2, 0) is 4.79 Å². The number of ether oxygens (including phenoxy) is 2. The Morgan fingerprint density at radius 1 is 0.966 bits per heavy atom.